The molecule has 1 heterocycles. The van der Waals surface area contributed by atoms with E-state index >= 15 is 0 Å². The average molecular weight is 816 g/mol. The van der Waals surface area contributed by atoms with E-state index in [0.29, 0.717) is 0 Å². The predicted octanol–water partition coefficient (Wildman–Crippen LogP) is 15.7. The van der Waals surface area contributed by atoms with Crippen molar-refractivity contribution in [2.45, 2.75) is 10.8 Å². The molecule has 0 fully saturated rings. The molecule has 13 rings (SSSR count). The lowest BCUT2D eigenvalue weighted by molar-refractivity contribution is 0.437. The van der Waals surface area contributed by atoms with Crippen molar-refractivity contribution in [3.05, 3.63) is 293 Å². The standard InChI is InChI=1S/C62H41NO/c1-4-20-42(21-5-1)43-22-18-27-46(40-43)63(47-38-39-51-50-30-10-13-31-52(50)61(57(51)41-47,44-23-6-2-7-24-44)45-25-8-3-9-26-45)58-36-19-35-56-60(58)64-59-37-17-16-34-55(59)62(56)53-32-14-11-28-48(53)49-29-12-15-33-54(49)62/h1-41H. The van der Waals surface area contributed by atoms with Gasteiger partial charge < -0.3 is 9.64 Å². The van der Waals surface area contributed by atoms with Gasteiger partial charge in [-0.3, -0.25) is 0 Å². The molecular weight excluding hydrogens is 775 g/mol. The van der Waals surface area contributed by atoms with Gasteiger partial charge in [-0.25, -0.2) is 0 Å². The van der Waals surface area contributed by atoms with Crippen molar-refractivity contribution in [1.82, 2.24) is 0 Å². The van der Waals surface area contributed by atoms with E-state index in [9.17, 15) is 0 Å². The van der Waals surface area contributed by atoms with E-state index in [1.54, 1.807) is 0 Å². The Labute approximate surface area is 374 Å². The number of benzene rings is 10. The zero-order valence-corrected chi connectivity index (χ0v) is 35.0. The number of nitrogens with zero attached hydrogens (tertiary/aromatic N) is 1. The van der Waals surface area contributed by atoms with Crippen LogP contribution in [0, 0.1) is 0 Å². The molecule has 0 atom stereocenters. The van der Waals surface area contributed by atoms with E-state index in [2.05, 4.69) is 254 Å². The normalized spacial score (nSPS) is 14.0. The lowest BCUT2D eigenvalue weighted by Gasteiger charge is -2.41. The van der Waals surface area contributed by atoms with Gasteiger partial charge in [0.2, 0.25) is 0 Å². The summed E-state index contributed by atoms with van der Waals surface area (Å²) in [6.07, 6.45) is 0. The second-order valence-electron chi connectivity index (χ2n) is 17.1. The molecule has 10 aromatic rings. The molecule has 0 saturated carbocycles. The van der Waals surface area contributed by atoms with Crippen molar-refractivity contribution in [2.24, 2.45) is 0 Å². The van der Waals surface area contributed by atoms with Crippen LogP contribution in [0.25, 0.3) is 33.4 Å². The molecule has 2 nitrogen and oxygen atoms in total. The maximum Gasteiger partial charge on any atom is 0.156 e. The molecule has 1 spiro atoms. The van der Waals surface area contributed by atoms with E-state index in [-0.39, 0.29) is 0 Å². The van der Waals surface area contributed by atoms with Crippen LogP contribution in [0.3, 0.4) is 0 Å². The van der Waals surface area contributed by atoms with Gasteiger partial charge in [0.25, 0.3) is 0 Å². The van der Waals surface area contributed by atoms with Crippen LogP contribution in [0.1, 0.15) is 44.5 Å². The minimum absolute atomic E-state index is 0.561. The van der Waals surface area contributed by atoms with Gasteiger partial charge in [-0.15, -0.1) is 0 Å². The fraction of sp³-hybridized carbons (Fsp3) is 0.0323. The molecule has 0 saturated heterocycles. The summed E-state index contributed by atoms with van der Waals surface area (Å²) < 4.78 is 7.35. The van der Waals surface area contributed by atoms with Crippen LogP contribution in [0.2, 0.25) is 0 Å². The molecule has 0 unspecified atom stereocenters. The van der Waals surface area contributed by atoms with Gasteiger partial charge in [-0.1, -0.05) is 212 Å². The Bertz CT molecular complexity index is 3340. The highest BCUT2D eigenvalue weighted by Gasteiger charge is 2.52. The summed E-state index contributed by atoms with van der Waals surface area (Å²) in [5, 5.41) is 0. The number of para-hydroxylation sites is 2. The third-order valence-corrected chi connectivity index (χ3v) is 14.0. The largest absolute Gasteiger partial charge is 0.454 e. The lowest BCUT2D eigenvalue weighted by Crippen LogP contribution is -2.32. The molecule has 300 valence electrons. The summed E-state index contributed by atoms with van der Waals surface area (Å²) in [5.41, 5.74) is 19.1. The topological polar surface area (TPSA) is 12.5 Å². The Kier molecular flexibility index (Phi) is 8.07. The van der Waals surface area contributed by atoms with Crippen LogP contribution in [-0.2, 0) is 10.8 Å². The van der Waals surface area contributed by atoms with Crippen LogP contribution in [0.15, 0.2) is 249 Å². The number of fused-ring (bicyclic) bond motifs is 12. The quantitative estimate of drug-likeness (QED) is 0.166. The number of anilines is 3. The zero-order chi connectivity index (χ0) is 42.2. The van der Waals surface area contributed by atoms with Crippen molar-refractivity contribution in [2.75, 3.05) is 4.90 Å². The third kappa shape index (κ3) is 5.02. The third-order valence-electron chi connectivity index (χ3n) is 14.0. The maximum atomic E-state index is 7.35. The molecule has 2 aliphatic carbocycles. The first-order valence-corrected chi connectivity index (χ1v) is 22.2. The van der Waals surface area contributed by atoms with E-state index in [4.69, 9.17) is 4.74 Å². The number of hydrogen-bond acceptors (Lipinski definition) is 2. The molecule has 10 aromatic carbocycles. The van der Waals surface area contributed by atoms with E-state index in [0.717, 1.165) is 45.3 Å². The Morgan fingerprint density at radius 1 is 0.297 bits per heavy atom. The Morgan fingerprint density at radius 3 is 1.41 bits per heavy atom. The minimum atomic E-state index is -0.597. The average Bonchev–Trinajstić information content (AvgIpc) is 3.83. The molecule has 2 heteroatoms. The van der Waals surface area contributed by atoms with Gasteiger partial charge in [0.15, 0.2) is 5.75 Å². The fourth-order valence-electron chi connectivity index (χ4n) is 11.5. The number of rotatable bonds is 6. The van der Waals surface area contributed by atoms with Crippen molar-refractivity contribution in [3.63, 3.8) is 0 Å². The number of hydrogen-bond donors (Lipinski definition) is 0. The van der Waals surface area contributed by atoms with Crippen LogP contribution in [0.5, 0.6) is 11.5 Å². The zero-order valence-electron chi connectivity index (χ0n) is 35.0. The Morgan fingerprint density at radius 2 is 0.766 bits per heavy atom. The molecule has 64 heavy (non-hydrogen) atoms. The predicted molar refractivity (Wildman–Crippen MR) is 261 cm³/mol. The first kappa shape index (κ1) is 36.5. The molecule has 0 aromatic heterocycles. The first-order chi connectivity index (χ1) is 31.8. The molecule has 0 N–H and O–H groups in total. The monoisotopic (exact) mass is 815 g/mol. The highest BCUT2D eigenvalue weighted by molar-refractivity contribution is 5.94. The summed E-state index contributed by atoms with van der Waals surface area (Å²) in [4.78, 5) is 2.43. The highest BCUT2D eigenvalue weighted by Crippen LogP contribution is 2.64. The molecule has 0 bridgehead atoms. The summed E-state index contributed by atoms with van der Waals surface area (Å²) in [6.45, 7) is 0. The Balaban J connectivity index is 1.11. The van der Waals surface area contributed by atoms with Crippen LogP contribution in [0.4, 0.5) is 17.1 Å². The van der Waals surface area contributed by atoms with Crippen molar-refractivity contribution >= 4 is 17.1 Å². The second kappa shape index (κ2) is 14.2. The van der Waals surface area contributed by atoms with Crippen molar-refractivity contribution in [3.8, 4) is 44.9 Å². The maximum absolute atomic E-state index is 7.35. The molecular formula is C62H41NO. The van der Waals surface area contributed by atoms with E-state index < -0.39 is 10.8 Å². The smallest absolute Gasteiger partial charge is 0.156 e. The van der Waals surface area contributed by atoms with Crippen molar-refractivity contribution in [1.29, 1.82) is 0 Å². The van der Waals surface area contributed by atoms with Crippen LogP contribution < -0.4 is 9.64 Å². The first-order valence-electron chi connectivity index (χ1n) is 22.2. The summed E-state index contributed by atoms with van der Waals surface area (Å²) in [7, 11) is 0. The SMILES string of the molecule is c1ccc(-c2cccc(N(c3ccc4c(c3)C(c3ccccc3)(c3ccccc3)c3ccccc3-4)c3cccc4c3Oc3ccccc3C43c4ccccc4-c4ccccc43)c2)cc1. The number of ether oxygens (including phenoxy) is 1. The van der Waals surface area contributed by atoms with Crippen molar-refractivity contribution < 1.29 is 4.74 Å². The molecule has 0 amide bonds. The Hall–Kier alpha value is -8.20. The van der Waals surface area contributed by atoms with Gasteiger partial charge in [-0.2, -0.15) is 0 Å². The van der Waals surface area contributed by atoms with Gasteiger partial charge in [0, 0.05) is 22.5 Å². The molecule has 0 radical (unpaired) electrons. The van der Waals surface area contributed by atoms with Gasteiger partial charge in [-0.05, 0) is 103 Å². The van der Waals surface area contributed by atoms with Crippen LogP contribution >= 0.6 is 0 Å². The molecule has 3 aliphatic rings. The lowest BCUT2D eigenvalue weighted by atomic mass is 9.66. The fourth-order valence-corrected chi connectivity index (χ4v) is 11.5. The molecule has 1 aliphatic heterocycles. The van der Waals surface area contributed by atoms with Gasteiger partial charge in [0.05, 0.1) is 16.5 Å². The highest BCUT2D eigenvalue weighted by atomic mass is 16.5. The van der Waals surface area contributed by atoms with Crippen LogP contribution in [-0.4, -0.2) is 0 Å². The summed E-state index contributed by atoms with van der Waals surface area (Å²) >= 11 is 0. The summed E-state index contributed by atoms with van der Waals surface area (Å²) in [5.74, 6) is 1.71. The van der Waals surface area contributed by atoms with E-state index in [1.165, 1.54) is 61.2 Å². The van der Waals surface area contributed by atoms with E-state index in [1.807, 2.05) is 0 Å². The van der Waals surface area contributed by atoms with Gasteiger partial charge >= 0.3 is 0 Å². The summed E-state index contributed by atoms with van der Waals surface area (Å²) in [6, 6.07) is 91.1. The van der Waals surface area contributed by atoms with Gasteiger partial charge in [0.1, 0.15) is 5.75 Å². The minimum Gasteiger partial charge on any atom is -0.454 e. The second-order valence-corrected chi connectivity index (χ2v) is 17.1.